The average molecular weight is 834 g/mol. The number of carboxylic acid groups (broad SMARTS) is 1. The van der Waals surface area contributed by atoms with Crippen molar-refractivity contribution in [1.82, 2.24) is 26.2 Å². The number of benzene rings is 4. The van der Waals surface area contributed by atoms with E-state index in [2.05, 4.69) is 27.3 Å². The maximum atomic E-state index is 14.1. The van der Waals surface area contributed by atoms with Crippen molar-refractivity contribution in [2.24, 2.45) is 0 Å². The predicted molar refractivity (Wildman–Crippen MR) is 228 cm³/mol. The largest absolute Gasteiger partial charge is 0.508 e. The first-order valence-corrected chi connectivity index (χ1v) is 21.2. The number of carbonyl (C=O) groups excluding carboxylic acids is 4. The van der Waals surface area contributed by atoms with E-state index in [1.165, 1.54) is 59.8 Å². The highest BCUT2D eigenvalue weighted by atomic mass is 32.2. The van der Waals surface area contributed by atoms with E-state index in [0.717, 1.165) is 24.8 Å². The van der Waals surface area contributed by atoms with Gasteiger partial charge in [0.2, 0.25) is 17.7 Å². The van der Waals surface area contributed by atoms with Gasteiger partial charge < -0.3 is 40.8 Å². The van der Waals surface area contributed by atoms with E-state index in [9.17, 15) is 39.0 Å². The second-order valence-electron chi connectivity index (χ2n) is 15.2. The van der Waals surface area contributed by atoms with Crippen molar-refractivity contribution in [3.63, 3.8) is 0 Å². The molecule has 3 aromatic rings. The van der Waals surface area contributed by atoms with Crippen molar-refractivity contribution in [2.75, 3.05) is 25.2 Å². The van der Waals surface area contributed by atoms with Crippen molar-refractivity contribution in [2.45, 2.75) is 69.6 Å². The maximum Gasteiger partial charge on any atom is 0.336 e. The van der Waals surface area contributed by atoms with Gasteiger partial charge in [-0.1, -0.05) is 30.3 Å². The molecule has 14 nitrogen and oxygen atoms in total. The number of rotatable bonds is 14. The van der Waals surface area contributed by atoms with Crippen LogP contribution in [0.4, 0.5) is 0 Å². The number of aryl methyl sites for hydroxylation is 1. The molecule has 60 heavy (non-hydrogen) atoms. The summed E-state index contributed by atoms with van der Waals surface area (Å²) in [7, 11) is 1.65. The van der Waals surface area contributed by atoms with Crippen molar-refractivity contribution in [3.05, 3.63) is 111 Å². The van der Waals surface area contributed by atoms with Gasteiger partial charge in [0.15, 0.2) is 5.43 Å². The van der Waals surface area contributed by atoms with Crippen LogP contribution in [0.2, 0.25) is 0 Å². The van der Waals surface area contributed by atoms with Gasteiger partial charge >= 0.3 is 5.97 Å². The molecule has 0 bridgehead atoms. The lowest BCUT2D eigenvalue weighted by Crippen LogP contribution is -2.56. The first-order chi connectivity index (χ1) is 28.9. The fourth-order valence-corrected chi connectivity index (χ4v) is 9.11. The third-order valence-corrected chi connectivity index (χ3v) is 12.3. The number of likely N-dealkylation sites (N-methyl/N-ethyl adjacent to an activating group) is 1. The average Bonchev–Trinajstić information content (AvgIpc) is 3.75. The molecule has 4 unspecified atom stereocenters. The standard InChI is InChI=1S/C45H47N5O9S/c1-25(46-2)41(53)49-36(44(56)50-24-60-23-37(50)43(55)48-35-12-7-9-26-8-3-4-10-30(26)35)11-5-6-19-47-42(54)27-13-16-31(34(20-27)45(57)58)40-32-17-14-28(51)21-38(32)59-39-22-29(52)15-18-33(39)40/h3-4,8,10,13-18,20-22,25,35-37,46,51H,5-7,9,11-12,19,23-24H2,1-2H3,(H,47,54)(H,48,55)(H,49,53)(H,57,58). The fourth-order valence-electron chi connectivity index (χ4n) is 7.94. The summed E-state index contributed by atoms with van der Waals surface area (Å²) in [5.74, 6) is -1.80. The zero-order valence-corrected chi connectivity index (χ0v) is 34.1. The van der Waals surface area contributed by atoms with Gasteiger partial charge in [0, 0.05) is 46.5 Å². The highest BCUT2D eigenvalue weighted by Gasteiger charge is 2.39. The Hall–Kier alpha value is -6.19. The minimum Gasteiger partial charge on any atom is -0.508 e. The molecule has 4 atom stereocenters. The second kappa shape index (κ2) is 18.4. The fraction of sp³-hybridized carbons (Fsp3) is 0.333. The Bertz CT molecular complexity index is 2490. The number of nitrogens with zero attached hydrogens (tertiary/aromatic N) is 1. The van der Waals surface area contributed by atoms with Gasteiger partial charge in [0.25, 0.3) is 5.91 Å². The molecule has 0 radical (unpaired) electrons. The molecule has 312 valence electrons. The molecule has 1 fully saturated rings. The summed E-state index contributed by atoms with van der Waals surface area (Å²) in [5.41, 5.74) is 3.44. The van der Waals surface area contributed by atoms with Crippen molar-refractivity contribution in [1.29, 1.82) is 0 Å². The third kappa shape index (κ3) is 9.01. The van der Waals surface area contributed by atoms with E-state index in [1.807, 2.05) is 18.2 Å². The number of hydrogen-bond donors (Lipinski definition) is 6. The number of phenolic OH excluding ortho intramolecular Hbond substituents is 1. The van der Waals surface area contributed by atoms with E-state index in [4.69, 9.17) is 4.42 Å². The zero-order valence-electron chi connectivity index (χ0n) is 33.3. The lowest BCUT2D eigenvalue weighted by molar-refractivity contribution is -0.141. The molecule has 3 aromatic carbocycles. The summed E-state index contributed by atoms with van der Waals surface area (Å²) in [4.78, 5) is 80.6. The topological polar surface area (TPSA) is 207 Å². The summed E-state index contributed by atoms with van der Waals surface area (Å²) in [6, 6.07) is 18.8. The van der Waals surface area contributed by atoms with Gasteiger partial charge in [-0.25, -0.2) is 4.79 Å². The van der Waals surface area contributed by atoms with E-state index in [-0.39, 0.29) is 75.9 Å². The smallest absolute Gasteiger partial charge is 0.336 e. The molecular formula is C45H47N5O9S. The number of aromatic carboxylic acids is 1. The van der Waals surface area contributed by atoms with Gasteiger partial charge in [0.1, 0.15) is 29.2 Å². The normalized spacial score (nSPS) is 17.1. The van der Waals surface area contributed by atoms with Crippen molar-refractivity contribution in [3.8, 4) is 28.2 Å². The molecule has 4 amide bonds. The van der Waals surface area contributed by atoms with E-state index in [0.29, 0.717) is 41.0 Å². The number of phenols is 1. The number of carboxylic acids is 1. The summed E-state index contributed by atoms with van der Waals surface area (Å²) < 4.78 is 5.90. The summed E-state index contributed by atoms with van der Waals surface area (Å²) in [5, 5.41) is 32.7. The predicted octanol–water partition coefficient (Wildman–Crippen LogP) is 5.06. The van der Waals surface area contributed by atoms with Crippen LogP contribution >= 0.6 is 11.8 Å². The molecule has 2 aliphatic heterocycles. The third-order valence-electron chi connectivity index (χ3n) is 11.3. The minimum atomic E-state index is -1.28. The van der Waals surface area contributed by atoms with Gasteiger partial charge in [0.05, 0.1) is 23.5 Å². The summed E-state index contributed by atoms with van der Waals surface area (Å²) in [6.07, 6.45) is 3.88. The number of fused-ring (bicyclic) bond motifs is 3. The lowest BCUT2D eigenvalue weighted by atomic mass is 9.87. The summed E-state index contributed by atoms with van der Waals surface area (Å²) in [6.45, 7) is 1.89. The molecule has 0 aromatic heterocycles. The van der Waals surface area contributed by atoms with Crippen LogP contribution in [0.25, 0.3) is 33.4 Å². The van der Waals surface area contributed by atoms with Crippen LogP contribution in [0.1, 0.15) is 76.9 Å². The van der Waals surface area contributed by atoms with Crippen LogP contribution in [-0.4, -0.2) is 88.1 Å². The number of nitrogens with one attached hydrogen (secondary N) is 4. The number of hydrogen-bond acceptors (Lipinski definition) is 10. The molecule has 7 rings (SSSR count). The Balaban J connectivity index is 1.01. The molecule has 4 aliphatic rings. The molecule has 15 heteroatoms. The van der Waals surface area contributed by atoms with Gasteiger partial charge in [-0.05, 0) is 106 Å². The first-order valence-electron chi connectivity index (χ1n) is 20.0. The molecule has 6 N–H and O–H groups in total. The highest BCUT2D eigenvalue weighted by molar-refractivity contribution is 7.99. The molecule has 0 spiro atoms. The van der Waals surface area contributed by atoms with Crippen LogP contribution < -0.4 is 26.7 Å². The van der Waals surface area contributed by atoms with E-state index >= 15 is 0 Å². The Morgan fingerprint density at radius 2 is 1.77 bits per heavy atom. The molecule has 0 saturated carbocycles. The molecule has 2 aliphatic carbocycles. The number of amides is 4. The second-order valence-corrected chi connectivity index (χ2v) is 16.2. The Morgan fingerprint density at radius 1 is 0.967 bits per heavy atom. The maximum absolute atomic E-state index is 14.1. The SMILES string of the molecule is CNC(C)C(=O)NC(CCCCNC(=O)c1ccc(-c2c3ccc(=O)cc-3oc3cc(O)ccc23)c(C(=O)O)c1)C(=O)N1CSCC1C(=O)NC1CCCc2ccccc21. The Kier molecular flexibility index (Phi) is 12.9. The monoisotopic (exact) mass is 833 g/mol. The lowest BCUT2D eigenvalue weighted by Gasteiger charge is -2.31. The molecule has 1 saturated heterocycles. The van der Waals surface area contributed by atoms with Gasteiger partial charge in [-0.3, -0.25) is 24.0 Å². The Morgan fingerprint density at radius 3 is 2.57 bits per heavy atom. The van der Waals surface area contributed by atoms with Crippen molar-refractivity contribution >= 4 is 52.3 Å². The number of aromatic hydroxyl groups is 1. The van der Waals surface area contributed by atoms with Crippen LogP contribution in [0, 0.1) is 0 Å². The van der Waals surface area contributed by atoms with Crippen LogP contribution in [0.5, 0.6) is 5.75 Å². The van der Waals surface area contributed by atoms with E-state index in [1.54, 1.807) is 31.0 Å². The number of carbonyl (C=O) groups is 5. The van der Waals surface area contributed by atoms with Crippen LogP contribution in [-0.2, 0) is 20.8 Å². The first kappa shape index (κ1) is 42.0. The minimum absolute atomic E-state index is 0.0731. The Labute approximate surface area is 350 Å². The van der Waals surface area contributed by atoms with Crippen LogP contribution in [0.15, 0.2) is 88.1 Å². The van der Waals surface area contributed by atoms with Crippen molar-refractivity contribution < 1.29 is 38.6 Å². The van der Waals surface area contributed by atoms with E-state index < -0.39 is 30.0 Å². The van der Waals surface area contributed by atoms with Gasteiger partial charge in [-0.15, -0.1) is 11.8 Å². The molecule has 2 heterocycles. The highest BCUT2D eigenvalue weighted by Crippen LogP contribution is 2.42. The number of unbranched alkanes of at least 4 members (excludes halogenated alkanes) is 1. The van der Waals surface area contributed by atoms with Crippen LogP contribution in [0.3, 0.4) is 0 Å². The molecular weight excluding hydrogens is 787 g/mol. The van der Waals surface area contributed by atoms with Gasteiger partial charge in [-0.2, -0.15) is 0 Å². The quantitative estimate of drug-likeness (QED) is 0.0645. The zero-order chi connectivity index (χ0) is 42.5. The summed E-state index contributed by atoms with van der Waals surface area (Å²) >= 11 is 1.49. The number of thioether (sulfide) groups is 1.